The molecular weight excluding hydrogens is 404 g/mol. The van der Waals surface area contributed by atoms with Gasteiger partial charge in [-0.25, -0.2) is 8.42 Å². The highest BCUT2D eigenvalue weighted by molar-refractivity contribution is 7.92. The van der Waals surface area contributed by atoms with E-state index >= 15 is 0 Å². The van der Waals surface area contributed by atoms with Crippen molar-refractivity contribution in [2.24, 2.45) is 0 Å². The van der Waals surface area contributed by atoms with Gasteiger partial charge in [-0.3, -0.25) is 9.52 Å². The maximum absolute atomic E-state index is 12.8. The van der Waals surface area contributed by atoms with Gasteiger partial charge in [-0.15, -0.1) is 0 Å². The van der Waals surface area contributed by atoms with Gasteiger partial charge in [-0.05, 0) is 48.0 Å². The van der Waals surface area contributed by atoms with Gasteiger partial charge >= 0.3 is 0 Å². The van der Waals surface area contributed by atoms with Gasteiger partial charge in [0, 0.05) is 5.69 Å². The van der Waals surface area contributed by atoms with Crippen LogP contribution in [0.2, 0.25) is 0 Å². The second-order valence-corrected chi connectivity index (χ2v) is 8.09. The van der Waals surface area contributed by atoms with E-state index < -0.39 is 10.0 Å². The number of amides is 1. The maximum atomic E-state index is 12.8. The lowest BCUT2D eigenvalue weighted by atomic mass is 10.1. The molecule has 0 radical (unpaired) electrons. The van der Waals surface area contributed by atoms with Gasteiger partial charge < -0.3 is 14.8 Å². The van der Waals surface area contributed by atoms with E-state index in [1.807, 2.05) is 6.07 Å². The number of methoxy groups -OCH3 is 2. The minimum Gasteiger partial charge on any atom is -0.497 e. The Morgan fingerprint density at radius 1 is 0.900 bits per heavy atom. The minimum absolute atomic E-state index is 0.0209. The fourth-order valence-electron chi connectivity index (χ4n) is 2.85. The summed E-state index contributed by atoms with van der Waals surface area (Å²) in [6, 6.07) is 20.0. The molecule has 0 saturated carbocycles. The Balaban J connectivity index is 1.74. The molecule has 0 aliphatic rings. The third-order valence-corrected chi connectivity index (χ3v) is 5.64. The lowest BCUT2D eigenvalue weighted by molar-refractivity contribution is -0.115. The molecule has 3 rings (SSSR count). The standard InChI is InChI=1S/C22H22N2O5S/c1-28-18-9-5-7-16(13-18)14-22(25)23-17-8-6-10-19(15-17)30(26,27)24-20-11-3-4-12-21(20)29-2/h3-13,15,24H,14H2,1-2H3,(H,23,25). The normalized spacial score (nSPS) is 10.9. The van der Waals surface area contributed by atoms with Crippen LogP contribution in [-0.2, 0) is 21.2 Å². The zero-order valence-corrected chi connectivity index (χ0v) is 17.4. The van der Waals surface area contributed by atoms with E-state index in [1.165, 1.54) is 19.2 Å². The zero-order chi connectivity index (χ0) is 21.6. The summed E-state index contributed by atoms with van der Waals surface area (Å²) in [6.45, 7) is 0. The molecule has 8 heteroatoms. The van der Waals surface area contributed by atoms with Crippen molar-refractivity contribution in [2.45, 2.75) is 11.3 Å². The summed E-state index contributed by atoms with van der Waals surface area (Å²) < 4.78 is 38.4. The Morgan fingerprint density at radius 3 is 2.43 bits per heavy atom. The highest BCUT2D eigenvalue weighted by Gasteiger charge is 2.17. The first-order valence-corrected chi connectivity index (χ1v) is 10.6. The van der Waals surface area contributed by atoms with Crippen molar-refractivity contribution in [3.63, 3.8) is 0 Å². The molecule has 0 aromatic heterocycles. The molecule has 0 unspecified atom stereocenters. The van der Waals surface area contributed by atoms with Crippen LogP contribution < -0.4 is 19.5 Å². The molecule has 0 bridgehead atoms. The largest absolute Gasteiger partial charge is 0.497 e. The van der Waals surface area contributed by atoms with Crippen molar-refractivity contribution < 1.29 is 22.7 Å². The number of para-hydroxylation sites is 2. The lowest BCUT2D eigenvalue weighted by Gasteiger charge is -2.12. The van der Waals surface area contributed by atoms with Crippen LogP contribution in [0.5, 0.6) is 11.5 Å². The lowest BCUT2D eigenvalue weighted by Crippen LogP contribution is -2.16. The predicted molar refractivity (Wildman–Crippen MR) is 116 cm³/mol. The minimum atomic E-state index is -3.87. The van der Waals surface area contributed by atoms with E-state index in [-0.39, 0.29) is 17.2 Å². The number of rotatable bonds is 8. The molecular formula is C22H22N2O5S. The molecule has 3 aromatic rings. The number of anilines is 2. The van der Waals surface area contributed by atoms with Crippen LogP contribution in [0.15, 0.2) is 77.7 Å². The molecule has 30 heavy (non-hydrogen) atoms. The van der Waals surface area contributed by atoms with E-state index in [9.17, 15) is 13.2 Å². The van der Waals surface area contributed by atoms with Crippen LogP contribution in [0.3, 0.4) is 0 Å². The van der Waals surface area contributed by atoms with Gasteiger partial charge in [0.15, 0.2) is 0 Å². The molecule has 3 aromatic carbocycles. The summed E-state index contributed by atoms with van der Waals surface area (Å²) in [4.78, 5) is 12.4. The third-order valence-electron chi connectivity index (χ3n) is 4.28. The first-order valence-electron chi connectivity index (χ1n) is 9.10. The number of carbonyl (C=O) groups is 1. The Labute approximate surface area is 175 Å². The predicted octanol–water partition coefficient (Wildman–Crippen LogP) is 3.69. The summed E-state index contributed by atoms with van der Waals surface area (Å²) in [5, 5.41) is 2.73. The highest BCUT2D eigenvalue weighted by atomic mass is 32.2. The molecule has 0 aliphatic carbocycles. The molecule has 2 N–H and O–H groups in total. The molecule has 7 nitrogen and oxygen atoms in total. The summed E-state index contributed by atoms with van der Waals surface area (Å²) in [5.41, 5.74) is 1.49. The summed E-state index contributed by atoms with van der Waals surface area (Å²) >= 11 is 0. The Morgan fingerprint density at radius 2 is 1.67 bits per heavy atom. The number of carbonyl (C=O) groups excluding carboxylic acids is 1. The molecule has 0 saturated heterocycles. The average Bonchev–Trinajstić information content (AvgIpc) is 2.74. The third kappa shape index (κ3) is 5.30. The van der Waals surface area contributed by atoms with Crippen molar-refractivity contribution >= 4 is 27.3 Å². The summed E-state index contributed by atoms with van der Waals surface area (Å²) in [6.07, 6.45) is 0.133. The average molecular weight is 426 g/mol. The Kier molecular flexibility index (Phi) is 6.58. The SMILES string of the molecule is COc1cccc(CC(=O)Nc2cccc(S(=O)(=O)Nc3ccccc3OC)c2)c1. The Hall–Kier alpha value is -3.52. The monoisotopic (exact) mass is 426 g/mol. The van der Waals surface area contributed by atoms with Crippen LogP contribution in [0, 0.1) is 0 Å². The number of nitrogens with one attached hydrogen (secondary N) is 2. The fourth-order valence-corrected chi connectivity index (χ4v) is 3.96. The van der Waals surface area contributed by atoms with E-state index in [0.29, 0.717) is 22.9 Å². The Bertz CT molecular complexity index is 1150. The van der Waals surface area contributed by atoms with Crippen LogP contribution in [0.25, 0.3) is 0 Å². The van der Waals surface area contributed by atoms with Crippen molar-refractivity contribution in [3.8, 4) is 11.5 Å². The number of ether oxygens (including phenoxy) is 2. The first kappa shape index (κ1) is 21.2. The van der Waals surface area contributed by atoms with Crippen molar-refractivity contribution in [1.82, 2.24) is 0 Å². The fraction of sp³-hybridized carbons (Fsp3) is 0.136. The van der Waals surface area contributed by atoms with E-state index in [0.717, 1.165) is 5.56 Å². The van der Waals surface area contributed by atoms with E-state index in [1.54, 1.807) is 61.7 Å². The van der Waals surface area contributed by atoms with Gasteiger partial charge in [-0.1, -0.05) is 30.3 Å². The first-order chi connectivity index (χ1) is 14.4. The molecule has 0 spiro atoms. The highest BCUT2D eigenvalue weighted by Crippen LogP contribution is 2.27. The number of benzene rings is 3. The number of hydrogen-bond donors (Lipinski definition) is 2. The van der Waals surface area contributed by atoms with Gasteiger partial charge in [-0.2, -0.15) is 0 Å². The molecule has 0 fully saturated rings. The van der Waals surface area contributed by atoms with Crippen LogP contribution >= 0.6 is 0 Å². The smallest absolute Gasteiger partial charge is 0.262 e. The summed E-state index contributed by atoms with van der Waals surface area (Å²) in [5.74, 6) is 0.801. The van der Waals surface area contributed by atoms with Crippen LogP contribution in [0.4, 0.5) is 11.4 Å². The second-order valence-electron chi connectivity index (χ2n) is 6.41. The van der Waals surface area contributed by atoms with Crippen molar-refractivity contribution in [2.75, 3.05) is 24.3 Å². The molecule has 0 heterocycles. The quantitative estimate of drug-likeness (QED) is 0.573. The van der Waals surface area contributed by atoms with Crippen molar-refractivity contribution in [3.05, 3.63) is 78.4 Å². The molecule has 0 aliphatic heterocycles. The summed E-state index contributed by atoms with van der Waals surface area (Å²) in [7, 11) is -0.846. The molecule has 0 atom stereocenters. The number of sulfonamides is 1. The number of hydrogen-bond acceptors (Lipinski definition) is 5. The van der Waals surface area contributed by atoms with Gasteiger partial charge in [0.1, 0.15) is 11.5 Å². The van der Waals surface area contributed by atoms with E-state index in [4.69, 9.17) is 9.47 Å². The van der Waals surface area contributed by atoms with Gasteiger partial charge in [0.05, 0.1) is 31.2 Å². The van der Waals surface area contributed by atoms with Gasteiger partial charge in [0.25, 0.3) is 10.0 Å². The molecule has 1 amide bonds. The van der Waals surface area contributed by atoms with Crippen LogP contribution in [0.1, 0.15) is 5.56 Å². The topological polar surface area (TPSA) is 93.7 Å². The van der Waals surface area contributed by atoms with Crippen molar-refractivity contribution in [1.29, 1.82) is 0 Å². The molecule has 156 valence electrons. The van der Waals surface area contributed by atoms with Gasteiger partial charge in [0.2, 0.25) is 5.91 Å². The van der Waals surface area contributed by atoms with Crippen LogP contribution in [-0.4, -0.2) is 28.5 Å². The zero-order valence-electron chi connectivity index (χ0n) is 16.6. The van der Waals surface area contributed by atoms with E-state index in [2.05, 4.69) is 10.0 Å². The second kappa shape index (κ2) is 9.32. The maximum Gasteiger partial charge on any atom is 0.262 e.